The first-order valence-electron chi connectivity index (χ1n) is 7.78. The van der Waals surface area contributed by atoms with Gasteiger partial charge in [0.1, 0.15) is 12.4 Å². The Morgan fingerprint density at radius 1 is 1.22 bits per heavy atom. The SMILES string of the molecule is CCC[C@H](CC(=O)O)c1ccc(OCc2ccccc2)c(Br)c1. The average molecular weight is 377 g/mol. The van der Waals surface area contributed by atoms with Gasteiger partial charge in [-0.15, -0.1) is 0 Å². The van der Waals surface area contributed by atoms with Crippen molar-refractivity contribution in [1.82, 2.24) is 0 Å². The molecule has 0 saturated carbocycles. The number of halogens is 1. The lowest BCUT2D eigenvalue weighted by Gasteiger charge is -2.16. The predicted octanol–water partition coefficient (Wildman–Crippen LogP) is 5.39. The molecule has 0 aromatic heterocycles. The maximum Gasteiger partial charge on any atom is 0.303 e. The van der Waals surface area contributed by atoms with E-state index >= 15 is 0 Å². The number of rotatable bonds is 8. The highest BCUT2D eigenvalue weighted by molar-refractivity contribution is 9.10. The highest BCUT2D eigenvalue weighted by Gasteiger charge is 2.16. The molecule has 0 unspecified atom stereocenters. The number of carboxylic acids is 1. The zero-order valence-corrected chi connectivity index (χ0v) is 14.8. The van der Waals surface area contributed by atoms with Crippen LogP contribution >= 0.6 is 15.9 Å². The Bertz CT molecular complexity index is 640. The number of ether oxygens (including phenoxy) is 1. The molecule has 0 heterocycles. The second-order valence-corrected chi connectivity index (χ2v) is 6.40. The van der Waals surface area contributed by atoms with Crippen LogP contribution in [-0.2, 0) is 11.4 Å². The number of aliphatic carboxylic acids is 1. The lowest BCUT2D eigenvalue weighted by Crippen LogP contribution is -2.06. The van der Waals surface area contributed by atoms with Crippen molar-refractivity contribution < 1.29 is 14.6 Å². The average Bonchev–Trinajstić information content (AvgIpc) is 2.54. The van der Waals surface area contributed by atoms with Crippen LogP contribution in [0.3, 0.4) is 0 Å². The largest absolute Gasteiger partial charge is 0.488 e. The Morgan fingerprint density at radius 3 is 2.57 bits per heavy atom. The van der Waals surface area contributed by atoms with Gasteiger partial charge in [0.15, 0.2) is 0 Å². The van der Waals surface area contributed by atoms with Crippen molar-refractivity contribution in [3.05, 3.63) is 64.1 Å². The Morgan fingerprint density at radius 2 is 1.96 bits per heavy atom. The zero-order chi connectivity index (χ0) is 16.7. The van der Waals surface area contributed by atoms with Gasteiger partial charge in [-0.25, -0.2) is 0 Å². The molecular formula is C19H21BrO3. The second kappa shape index (κ2) is 8.73. The highest BCUT2D eigenvalue weighted by Crippen LogP contribution is 2.32. The smallest absolute Gasteiger partial charge is 0.303 e. The van der Waals surface area contributed by atoms with Crippen molar-refractivity contribution in [3.8, 4) is 5.75 Å². The molecule has 0 radical (unpaired) electrons. The van der Waals surface area contributed by atoms with E-state index in [-0.39, 0.29) is 12.3 Å². The number of benzene rings is 2. The molecule has 0 amide bonds. The summed E-state index contributed by atoms with van der Waals surface area (Å²) in [5.41, 5.74) is 2.14. The molecule has 0 aliphatic rings. The summed E-state index contributed by atoms with van der Waals surface area (Å²) in [4.78, 5) is 11.0. The van der Waals surface area contributed by atoms with Crippen molar-refractivity contribution in [3.63, 3.8) is 0 Å². The predicted molar refractivity (Wildman–Crippen MR) is 94.8 cm³/mol. The normalized spacial score (nSPS) is 11.9. The second-order valence-electron chi connectivity index (χ2n) is 5.55. The monoisotopic (exact) mass is 376 g/mol. The van der Waals surface area contributed by atoms with E-state index in [0.29, 0.717) is 6.61 Å². The van der Waals surface area contributed by atoms with Crippen LogP contribution in [-0.4, -0.2) is 11.1 Å². The molecule has 3 nitrogen and oxygen atoms in total. The molecule has 122 valence electrons. The lowest BCUT2D eigenvalue weighted by molar-refractivity contribution is -0.137. The van der Waals surface area contributed by atoms with E-state index in [1.54, 1.807) is 0 Å². The highest BCUT2D eigenvalue weighted by atomic mass is 79.9. The summed E-state index contributed by atoms with van der Waals surface area (Å²) < 4.78 is 6.69. The molecule has 1 N–H and O–H groups in total. The van der Waals surface area contributed by atoms with E-state index in [2.05, 4.69) is 22.9 Å². The summed E-state index contributed by atoms with van der Waals surface area (Å²) in [6.07, 6.45) is 1.98. The van der Waals surface area contributed by atoms with Gasteiger partial charge in [-0.05, 0) is 51.5 Å². The quantitative estimate of drug-likeness (QED) is 0.671. The standard InChI is InChI=1S/C19H21BrO3/c1-2-6-15(12-19(21)22)16-9-10-18(17(20)11-16)23-13-14-7-4-3-5-8-14/h3-5,7-11,15H,2,6,12-13H2,1H3,(H,21,22)/t15-/m1/s1. The summed E-state index contributed by atoms with van der Waals surface area (Å²) in [5, 5.41) is 9.07. The van der Waals surface area contributed by atoms with Crippen LogP contribution in [0, 0.1) is 0 Å². The van der Waals surface area contributed by atoms with Crippen LogP contribution in [0.1, 0.15) is 43.2 Å². The number of hydrogen-bond acceptors (Lipinski definition) is 2. The van der Waals surface area contributed by atoms with E-state index < -0.39 is 5.97 Å². The molecule has 2 aromatic rings. The molecular weight excluding hydrogens is 356 g/mol. The Kier molecular flexibility index (Phi) is 6.66. The Hall–Kier alpha value is -1.81. The van der Waals surface area contributed by atoms with Gasteiger partial charge in [0.2, 0.25) is 0 Å². The first-order valence-corrected chi connectivity index (χ1v) is 8.57. The lowest BCUT2D eigenvalue weighted by atomic mass is 9.91. The molecule has 1 atom stereocenters. The molecule has 0 aliphatic heterocycles. The minimum absolute atomic E-state index is 0.0389. The minimum Gasteiger partial charge on any atom is -0.488 e. The molecule has 0 bridgehead atoms. The molecule has 2 rings (SSSR count). The first-order chi connectivity index (χ1) is 11.1. The number of carbonyl (C=O) groups is 1. The van der Waals surface area contributed by atoms with Crippen molar-refractivity contribution >= 4 is 21.9 Å². The molecule has 0 aliphatic carbocycles. The molecule has 0 saturated heterocycles. The van der Waals surface area contributed by atoms with Crippen LogP contribution < -0.4 is 4.74 Å². The Labute approximate surface area is 145 Å². The van der Waals surface area contributed by atoms with Crippen LogP contribution in [0.5, 0.6) is 5.75 Å². The third kappa shape index (κ3) is 5.39. The Balaban J connectivity index is 2.08. The summed E-state index contributed by atoms with van der Waals surface area (Å²) >= 11 is 3.53. The maximum absolute atomic E-state index is 11.0. The van der Waals surface area contributed by atoms with Crippen LogP contribution in [0.2, 0.25) is 0 Å². The maximum atomic E-state index is 11.0. The summed E-state index contributed by atoms with van der Waals surface area (Å²) in [6, 6.07) is 15.8. The van der Waals surface area contributed by atoms with E-state index in [1.165, 1.54) is 0 Å². The van der Waals surface area contributed by atoms with Gasteiger partial charge >= 0.3 is 5.97 Å². The minimum atomic E-state index is -0.760. The van der Waals surface area contributed by atoms with Gasteiger partial charge in [0, 0.05) is 0 Å². The fraction of sp³-hybridized carbons (Fsp3) is 0.316. The fourth-order valence-corrected chi connectivity index (χ4v) is 3.08. The topological polar surface area (TPSA) is 46.5 Å². The molecule has 23 heavy (non-hydrogen) atoms. The van der Waals surface area contributed by atoms with E-state index in [4.69, 9.17) is 9.84 Å². The number of hydrogen-bond donors (Lipinski definition) is 1. The molecule has 0 fully saturated rings. The van der Waals surface area contributed by atoms with Crippen molar-refractivity contribution in [2.24, 2.45) is 0 Å². The van der Waals surface area contributed by atoms with Gasteiger partial charge in [-0.1, -0.05) is 49.7 Å². The van der Waals surface area contributed by atoms with Gasteiger partial charge < -0.3 is 9.84 Å². The third-order valence-corrected chi connectivity index (χ3v) is 4.34. The van der Waals surface area contributed by atoms with Crippen molar-refractivity contribution in [1.29, 1.82) is 0 Å². The van der Waals surface area contributed by atoms with Gasteiger partial charge in [-0.3, -0.25) is 4.79 Å². The van der Waals surface area contributed by atoms with Crippen LogP contribution in [0.25, 0.3) is 0 Å². The summed E-state index contributed by atoms with van der Waals surface area (Å²) in [5.74, 6) is 0.0455. The van der Waals surface area contributed by atoms with Gasteiger partial charge in [-0.2, -0.15) is 0 Å². The first kappa shape index (κ1) is 17.5. The zero-order valence-electron chi connectivity index (χ0n) is 13.2. The molecule has 0 spiro atoms. The van der Waals surface area contributed by atoms with Crippen molar-refractivity contribution in [2.45, 2.75) is 38.7 Å². The summed E-state index contributed by atoms with van der Waals surface area (Å²) in [7, 11) is 0. The van der Waals surface area contributed by atoms with Gasteiger partial charge in [0.05, 0.1) is 10.9 Å². The van der Waals surface area contributed by atoms with Crippen LogP contribution in [0.4, 0.5) is 0 Å². The molecule has 2 aromatic carbocycles. The van der Waals surface area contributed by atoms with Gasteiger partial charge in [0.25, 0.3) is 0 Å². The van der Waals surface area contributed by atoms with E-state index in [1.807, 2.05) is 48.5 Å². The third-order valence-electron chi connectivity index (χ3n) is 3.72. The molecule has 4 heteroatoms. The fourth-order valence-electron chi connectivity index (χ4n) is 2.57. The van der Waals surface area contributed by atoms with Crippen molar-refractivity contribution in [2.75, 3.05) is 0 Å². The van der Waals surface area contributed by atoms with E-state index in [0.717, 1.165) is 34.2 Å². The van der Waals surface area contributed by atoms with Crippen LogP contribution in [0.15, 0.2) is 53.0 Å². The number of carboxylic acid groups (broad SMARTS) is 1. The van der Waals surface area contributed by atoms with E-state index in [9.17, 15) is 4.79 Å². The summed E-state index contributed by atoms with van der Waals surface area (Å²) in [6.45, 7) is 2.58.